The smallest absolute Gasteiger partial charge is 0.362 e. The van der Waals surface area contributed by atoms with Gasteiger partial charge in [-0.2, -0.15) is 5.10 Å². The molecule has 0 radical (unpaired) electrons. The molecule has 0 fully saturated rings. The van der Waals surface area contributed by atoms with Crippen LogP contribution in [0.3, 0.4) is 0 Å². The standard InChI is InChI=1S/C20H17ClN4O6/c1-2-30-20(27)19-17(11-24(23-19)13-6-4-3-5-7-13)31-12-18(26)22-16-9-8-14(25(28)29)10-15(16)21/h3-11H,2,12H2,1H3,(H,22,26). The van der Waals surface area contributed by atoms with Crippen molar-refractivity contribution < 1.29 is 24.0 Å². The van der Waals surface area contributed by atoms with Gasteiger partial charge in [0.15, 0.2) is 12.4 Å². The Bertz CT molecular complexity index is 1120. The molecular weight excluding hydrogens is 428 g/mol. The summed E-state index contributed by atoms with van der Waals surface area (Å²) in [4.78, 5) is 34.7. The van der Waals surface area contributed by atoms with Crippen LogP contribution < -0.4 is 10.1 Å². The molecule has 0 saturated carbocycles. The van der Waals surface area contributed by atoms with Gasteiger partial charge in [0.05, 0.1) is 34.1 Å². The minimum atomic E-state index is -0.689. The summed E-state index contributed by atoms with van der Waals surface area (Å²) < 4.78 is 11.9. The first-order valence-corrected chi connectivity index (χ1v) is 9.45. The summed E-state index contributed by atoms with van der Waals surface area (Å²) >= 11 is 5.97. The van der Waals surface area contributed by atoms with Crippen LogP contribution in [0.2, 0.25) is 5.02 Å². The zero-order valence-corrected chi connectivity index (χ0v) is 17.0. The molecule has 1 amide bonds. The first-order chi connectivity index (χ1) is 14.9. The van der Waals surface area contributed by atoms with Gasteiger partial charge in [0.1, 0.15) is 0 Å². The molecule has 0 unspecified atom stereocenters. The van der Waals surface area contributed by atoms with Crippen LogP contribution in [0, 0.1) is 10.1 Å². The fourth-order valence-electron chi connectivity index (χ4n) is 2.57. The van der Waals surface area contributed by atoms with Crippen molar-refractivity contribution in [3.8, 4) is 11.4 Å². The number of halogens is 1. The third kappa shape index (κ3) is 5.37. The highest BCUT2D eigenvalue weighted by Gasteiger charge is 2.21. The molecule has 3 rings (SSSR count). The van der Waals surface area contributed by atoms with E-state index in [4.69, 9.17) is 21.1 Å². The third-order valence-corrected chi connectivity index (χ3v) is 4.28. The lowest BCUT2D eigenvalue weighted by atomic mass is 10.3. The van der Waals surface area contributed by atoms with E-state index in [0.29, 0.717) is 5.69 Å². The molecule has 0 atom stereocenters. The lowest BCUT2D eigenvalue weighted by Crippen LogP contribution is -2.21. The summed E-state index contributed by atoms with van der Waals surface area (Å²) in [7, 11) is 0. The van der Waals surface area contributed by atoms with Crippen LogP contribution >= 0.6 is 11.6 Å². The Morgan fingerprint density at radius 2 is 1.97 bits per heavy atom. The molecule has 1 heterocycles. The molecule has 160 valence electrons. The van der Waals surface area contributed by atoms with E-state index in [0.717, 1.165) is 6.07 Å². The lowest BCUT2D eigenvalue weighted by molar-refractivity contribution is -0.384. The Labute approximate surface area is 181 Å². The summed E-state index contributed by atoms with van der Waals surface area (Å²) in [6.45, 7) is 1.35. The number of nitrogens with one attached hydrogen (secondary N) is 1. The number of nitro groups is 1. The van der Waals surface area contributed by atoms with E-state index in [9.17, 15) is 19.7 Å². The number of ether oxygens (including phenoxy) is 2. The molecule has 10 nitrogen and oxygen atoms in total. The number of hydrogen-bond donors (Lipinski definition) is 1. The van der Waals surface area contributed by atoms with Gasteiger partial charge in [-0.1, -0.05) is 29.8 Å². The second kappa shape index (κ2) is 9.72. The van der Waals surface area contributed by atoms with Crippen molar-refractivity contribution in [2.45, 2.75) is 6.92 Å². The van der Waals surface area contributed by atoms with Crippen LogP contribution in [0.15, 0.2) is 54.7 Å². The highest BCUT2D eigenvalue weighted by molar-refractivity contribution is 6.34. The van der Waals surface area contributed by atoms with Gasteiger partial charge in [0.25, 0.3) is 11.6 Å². The minimum absolute atomic E-state index is 0.00617. The number of para-hydroxylation sites is 1. The van der Waals surface area contributed by atoms with Crippen molar-refractivity contribution in [3.05, 3.63) is 75.6 Å². The summed E-state index contributed by atoms with van der Waals surface area (Å²) in [6.07, 6.45) is 1.47. The molecule has 0 saturated heterocycles. The van der Waals surface area contributed by atoms with E-state index in [-0.39, 0.29) is 34.4 Å². The molecule has 0 aliphatic carbocycles. The fourth-order valence-corrected chi connectivity index (χ4v) is 2.79. The van der Waals surface area contributed by atoms with Crippen molar-refractivity contribution in [2.75, 3.05) is 18.5 Å². The summed E-state index contributed by atoms with van der Waals surface area (Å²) in [5.41, 5.74) is 0.593. The predicted octanol–water partition coefficient (Wildman–Crippen LogP) is 3.63. The van der Waals surface area contributed by atoms with Gasteiger partial charge in [0.2, 0.25) is 5.69 Å². The van der Waals surface area contributed by atoms with E-state index in [1.807, 2.05) is 18.2 Å². The SMILES string of the molecule is CCOC(=O)c1nn(-c2ccccc2)cc1OCC(=O)Nc1ccc([N+](=O)[O-])cc1Cl. The Hall–Kier alpha value is -3.92. The topological polar surface area (TPSA) is 126 Å². The molecular formula is C20H17ClN4O6. The quantitative estimate of drug-likeness (QED) is 0.319. The number of nitrogens with zero attached hydrogens (tertiary/aromatic N) is 3. The number of rotatable bonds is 8. The minimum Gasteiger partial charge on any atom is -0.480 e. The zero-order valence-electron chi connectivity index (χ0n) is 16.3. The first kappa shape index (κ1) is 21.8. The number of esters is 1. The Kier molecular flexibility index (Phi) is 6.83. The van der Waals surface area contributed by atoms with Crippen LogP contribution in [0.1, 0.15) is 17.4 Å². The maximum Gasteiger partial charge on any atom is 0.362 e. The van der Waals surface area contributed by atoms with E-state index in [2.05, 4.69) is 10.4 Å². The van der Waals surface area contributed by atoms with Gasteiger partial charge in [-0.3, -0.25) is 14.9 Å². The lowest BCUT2D eigenvalue weighted by Gasteiger charge is -2.08. The maximum absolute atomic E-state index is 12.3. The molecule has 1 aromatic heterocycles. The van der Waals surface area contributed by atoms with Crippen molar-refractivity contribution in [1.29, 1.82) is 0 Å². The Morgan fingerprint density at radius 3 is 2.61 bits per heavy atom. The summed E-state index contributed by atoms with van der Waals surface area (Å²) in [6, 6.07) is 12.7. The van der Waals surface area contributed by atoms with Crippen LogP contribution in [0.5, 0.6) is 5.75 Å². The van der Waals surface area contributed by atoms with Gasteiger partial charge in [-0.25, -0.2) is 9.48 Å². The average molecular weight is 445 g/mol. The van der Waals surface area contributed by atoms with E-state index in [1.54, 1.807) is 19.1 Å². The molecule has 0 spiro atoms. The van der Waals surface area contributed by atoms with Gasteiger partial charge in [-0.15, -0.1) is 0 Å². The van der Waals surface area contributed by atoms with E-state index in [1.165, 1.54) is 23.0 Å². The highest BCUT2D eigenvalue weighted by Crippen LogP contribution is 2.27. The molecule has 0 aliphatic rings. The van der Waals surface area contributed by atoms with Gasteiger partial charge < -0.3 is 14.8 Å². The molecule has 0 aliphatic heterocycles. The number of aromatic nitrogens is 2. The normalized spacial score (nSPS) is 10.4. The molecule has 1 N–H and O–H groups in total. The van der Waals surface area contributed by atoms with Gasteiger partial charge in [0, 0.05) is 12.1 Å². The van der Waals surface area contributed by atoms with E-state index < -0.39 is 23.4 Å². The monoisotopic (exact) mass is 444 g/mol. The maximum atomic E-state index is 12.3. The molecule has 2 aromatic carbocycles. The van der Waals surface area contributed by atoms with Crippen LogP contribution in [0.4, 0.5) is 11.4 Å². The summed E-state index contributed by atoms with van der Waals surface area (Å²) in [5.74, 6) is -1.21. The van der Waals surface area contributed by atoms with Crippen LogP contribution in [0.25, 0.3) is 5.69 Å². The molecule has 11 heteroatoms. The summed E-state index contributed by atoms with van der Waals surface area (Å²) in [5, 5.41) is 17.5. The molecule has 31 heavy (non-hydrogen) atoms. The van der Waals surface area contributed by atoms with E-state index >= 15 is 0 Å². The van der Waals surface area contributed by atoms with Gasteiger partial charge >= 0.3 is 5.97 Å². The number of nitro benzene ring substituents is 1. The van der Waals surface area contributed by atoms with Crippen molar-refractivity contribution in [2.24, 2.45) is 0 Å². The largest absolute Gasteiger partial charge is 0.480 e. The fraction of sp³-hybridized carbons (Fsp3) is 0.150. The average Bonchev–Trinajstić information content (AvgIpc) is 3.19. The van der Waals surface area contributed by atoms with Crippen LogP contribution in [-0.2, 0) is 9.53 Å². The predicted molar refractivity (Wildman–Crippen MR) is 112 cm³/mol. The number of benzene rings is 2. The molecule has 0 bridgehead atoms. The number of hydrogen-bond acceptors (Lipinski definition) is 7. The number of anilines is 1. The number of carbonyl (C=O) groups excluding carboxylic acids is 2. The van der Waals surface area contributed by atoms with Crippen molar-refractivity contribution in [3.63, 3.8) is 0 Å². The third-order valence-electron chi connectivity index (χ3n) is 3.97. The van der Waals surface area contributed by atoms with Crippen molar-refractivity contribution >= 4 is 34.9 Å². The van der Waals surface area contributed by atoms with Crippen molar-refractivity contribution in [1.82, 2.24) is 9.78 Å². The highest BCUT2D eigenvalue weighted by atomic mass is 35.5. The first-order valence-electron chi connectivity index (χ1n) is 9.08. The Morgan fingerprint density at radius 1 is 1.23 bits per heavy atom. The Balaban J connectivity index is 1.74. The second-order valence-corrected chi connectivity index (χ2v) is 6.51. The van der Waals surface area contributed by atoms with Crippen LogP contribution in [-0.4, -0.2) is 39.8 Å². The van der Waals surface area contributed by atoms with Gasteiger partial charge in [-0.05, 0) is 25.1 Å². The number of amides is 1. The number of carbonyl (C=O) groups is 2. The number of non-ortho nitro benzene ring substituents is 1. The molecule has 3 aromatic rings. The zero-order chi connectivity index (χ0) is 22.4. The second-order valence-electron chi connectivity index (χ2n) is 6.10.